The van der Waals surface area contributed by atoms with E-state index in [1.54, 1.807) is 24.4 Å². The van der Waals surface area contributed by atoms with Gasteiger partial charge < -0.3 is 5.43 Å². The lowest BCUT2D eigenvalue weighted by Gasteiger charge is -2.07. The van der Waals surface area contributed by atoms with Gasteiger partial charge in [0.05, 0.1) is 0 Å². The van der Waals surface area contributed by atoms with Crippen LogP contribution in [0, 0.1) is 11.8 Å². The minimum absolute atomic E-state index is 0.0453. The van der Waals surface area contributed by atoms with Gasteiger partial charge >= 0.3 is 0 Å². The van der Waals surface area contributed by atoms with Crippen molar-refractivity contribution in [1.29, 1.82) is 0 Å². The van der Waals surface area contributed by atoms with Crippen molar-refractivity contribution in [2.75, 3.05) is 12.0 Å². The molecular weight excluding hydrogens is 278 g/mol. The van der Waals surface area contributed by atoms with Crippen LogP contribution in [0.2, 0.25) is 0 Å². The van der Waals surface area contributed by atoms with E-state index in [2.05, 4.69) is 22.1 Å². The molecule has 0 amide bonds. The number of pyridine rings is 1. The molecule has 0 saturated heterocycles. The molecule has 1 aliphatic rings. The number of aromatic nitrogens is 2. The zero-order valence-corrected chi connectivity index (χ0v) is 11.9. The number of hydrogen-bond acceptors (Lipinski definition) is 5. The predicted octanol–water partition coefficient (Wildman–Crippen LogP) is 0.554. The Morgan fingerprint density at radius 1 is 1.50 bits per heavy atom. The lowest BCUT2D eigenvalue weighted by Crippen LogP contribution is -2.28. The molecule has 1 saturated carbocycles. The summed E-state index contributed by atoms with van der Waals surface area (Å²) in [6.07, 6.45) is 2.72. The van der Waals surface area contributed by atoms with E-state index in [9.17, 15) is 8.42 Å². The number of rotatable bonds is 5. The molecule has 1 fully saturated rings. The molecule has 1 aliphatic carbocycles. The molecule has 0 bridgehead atoms. The molecule has 0 spiro atoms. The van der Waals surface area contributed by atoms with Crippen molar-refractivity contribution in [3.05, 3.63) is 24.4 Å². The Labute approximate surface area is 117 Å². The Bertz CT molecular complexity index is 739. The van der Waals surface area contributed by atoms with Gasteiger partial charge in [-0.05, 0) is 30.4 Å². The van der Waals surface area contributed by atoms with E-state index < -0.39 is 10.0 Å². The van der Waals surface area contributed by atoms with E-state index in [-0.39, 0.29) is 10.8 Å². The fourth-order valence-corrected chi connectivity index (χ4v) is 3.64. The minimum Gasteiger partial charge on any atom is -0.306 e. The van der Waals surface area contributed by atoms with Crippen molar-refractivity contribution >= 4 is 21.5 Å². The van der Waals surface area contributed by atoms with Crippen LogP contribution in [0.1, 0.15) is 13.3 Å². The fraction of sp³-hybridized carbons (Fsp3) is 0.417. The van der Waals surface area contributed by atoms with Crippen LogP contribution in [0.25, 0.3) is 5.65 Å². The number of hydrogen-bond donors (Lipinski definition) is 3. The summed E-state index contributed by atoms with van der Waals surface area (Å²) in [6.45, 7) is 2.56. The summed E-state index contributed by atoms with van der Waals surface area (Å²) in [5, 5.41) is 0.0453. The van der Waals surface area contributed by atoms with Gasteiger partial charge in [-0.1, -0.05) is 13.0 Å². The highest BCUT2D eigenvalue weighted by molar-refractivity contribution is 7.89. The van der Waals surface area contributed by atoms with Gasteiger partial charge in [-0.2, -0.15) is 0 Å². The van der Waals surface area contributed by atoms with Crippen LogP contribution in [0.5, 0.6) is 0 Å². The molecule has 2 aromatic heterocycles. The lowest BCUT2D eigenvalue weighted by atomic mass is 10.3. The minimum atomic E-state index is -3.66. The summed E-state index contributed by atoms with van der Waals surface area (Å²) in [5.41, 5.74) is 2.88. The van der Waals surface area contributed by atoms with Crippen LogP contribution >= 0.6 is 0 Å². The summed E-state index contributed by atoms with van der Waals surface area (Å²) in [7, 11) is -3.66. The number of fused-ring (bicyclic) bond motifs is 1. The topological polar surface area (TPSA) is 102 Å². The van der Waals surface area contributed by atoms with E-state index in [4.69, 9.17) is 5.84 Å². The zero-order chi connectivity index (χ0) is 14.3. The third kappa shape index (κ3) is 2.26. The molecule has 7 nitrogen and oxygen atoms in total. The molecule has 0 aromatic carbocycles. The number of nitrogens with two attached hydrogens (primary N) is 1. The molecule has 2 atom stereocenters. The van der Waals surface area contributed by atoms with Crippen LogP contribution in [0.3, 0.4) is 0 Å². The summed E-state index contributed by atoms with van der Waals surface area (Å²) < 4.78 is 29.1. The second-order valence-corrected chi connectivity index (χ2v) is 6.85. The van der Waals surface area contributed by atoms with E-state index >= 15 is 0 Å². The first-order chi connectivity index (χ1) is 9.53. The van der Waals surface area contributed by atoms with Crippen LogP contribution in [0.4, 0.5) is 5.82 Å². The fourth-order valence-electron chi connectivity index (χ4n) is 2.29. The van der Waals surface area contributed by atoms with E-state index in [0.717, 1.165) is 6.42 Å². The second kappa shape index (κ2) is 4.72. The van der Waals surface area contributed by atoms with Crippen LogP contribution in [-0.2, 0) is 10.0 Å². The molecule has 20 heavy (non-hydrogen) atoms. The third-order valence-corrected chi connectivity index (χ3v) is 5.13. The van der Waals surface area contributed by atoms with E-state index in [0.29, 0.717) is 24.0 Å². The number of nitrogens with one attached hydrogen (secondary N) is 2. The van der Waals surface area contributed by atoms with Crippen molar-refractivity contribution in [2.45, 2.75) is 18.4 Å². The molecule has 3 rings (SSSR count). The average Bonchev–Trinajstić information content (AvgIpc) is 3.00. The van der Waals surface area contributed by atoms with Crippen molar-refractivity contribution in [3.63, 3.8) is 0 Å². The average molecular weight is 295 g/mol. The van der Waals surface area contributed by atoms with Gasteiger partial charge in [0, 0.05) is 12.7 Å². The molecule has 108 valence electrons. The molecule has 2 unspecified atom stereocenters. The maximum atomic E-state index is 12.5. The Morgan fingerprint density at radius 3 is 2.90 bits per heavy atom. The number of hydrazine groups is 1. The first kappa shape index (κ1) is 13.3. The third-order valence-electron chi connectivity index (χ3n) is 3.69. The number of anilines is 1. The van der Waals surface area contributed by atoms with E-state index in [1.165, 1.54) is 4.40 Å². The maximum absolute atomic E-state index is 12.5. The summed E-state index contributed by atoms with van der Waals surface area (Å²) in [4.78, 5) is 4.16. The van der Waals surface area contributed by atoms with Crippen LogP contribution in [0.15, 0.2) is 29.4 Å². The largest absolute Gasteiger partial charge is 0.306 e. The smallest absolute Gasteiger partial charge is 0.260 e. The standard InChI is InChI=1S/C12H17N5O2S/c1-8-6-9(8)7-14-20(18,19)12-11(16-13)15-10-4-2-3-5-17(10)12/h2-5,8-9,14,16H,6-7,13H2,1H3. The Kier molecular flexibility index (Phi) is 3.15. The molecule has 0 aliphatic heterocycles. The zero-order valence-electron chi connectivity index (χ0n) is 11.1. The van der Waals surface area contributed by atoms with E-state index in [1.807, 2.05) is 0 Å². The predicted molar refractivity (Wildman–Crippen MR) is 75.5 cm³/mol. The Hall–Kier alpha value is -1.64. The van der Waals surface area contributed by atoms with Gasteiger partial charge in [-0.25, -0.2) is 24.0 Å². The number of nitrogen functional groups attached to an aromatic ring is 1. The molecule has 2 heterocycles. The first-order valence-electron chi connectivity index (χ1n) is 6.46. The van der Waals surface area contributed by atoms with Crippen molar-refractivity contribution in [1.82, 2.24) is 14.1 Å². The highest BCUT2D eigenvalue weighted by atomic mass is 32.2. The summed E-state index contributed by atoms with van der Waals surface area (Å²) in [5.74, 6) is 6.55. The lowest BCUT2D eigenvalue weighted by molar-refractivity contribution is 0.570. The Morgan fingerprint density at radius 2 is 2.25 bits per heavy atom. The molecular formula is C12H17N5O2S. The van der Waals surface area contributed by atoms with Gasteiger partial charge in [0.2, 0.25) is 0 Å². The highest BCUT2D eigenvalue weighted by Gasteiger charge is 2.34. The number of sulfonamides is 1. The van der Waals surface area contributed by atoms with Crippen molar-refractivity contribution in [3.8, 4) is 0 Å². The van der Waals surface area contributed by atoms with Gasteiger partial charge in [0.1, 0.15) is 5.65 Å². The normalized spacial score (nSPS) is 22.1. The molecule has 4 N–H and O–H groups in total. The van der Waals surface area contributed by atoms with Gasteiger partial charge in [-0.3, -0.25) is 4.40 Å². The highest BCUT2D eigenvalue weighted by Crippen LogP contribution is 2.37. The van der Waals surface area contributed by atoms with Crippen molar-refractivity contribution in [2.24, 2.45) is 17.7 Å². The van der Waals surface area contributed by atoms with Crippen LogP contribution in [-0.4, -0.2) is 24.3 Å². The summed E-state index contributed by atoms with van der Waals surface area (Å²) >= 11 is 0. The second-order valence-electron chi connectivity index (χ2n) is 5.16. The van der Waals surface area contributed by atoms with Gasteiger partial charge in [0.25, 0.3) is 10.0 Å². The molecule has 0 radical (unpaired) electrons. The van der Waals surface area contributed by atoms with Crippen LogP contribution < -0.4 is 16.0 Å². The quantitative estimate of drug-likeness (QED) is 0.552. The number of nitrogens with zero attached hydrogens (tertiary/aromatic N) is 2. The first-order valence-corrected chi connectivity index (χ1v) is 7.94. The van der Waals surface area contributed by atoms with Gasteiger partial charge in [0.15, 0.2) is 10.8 Å². The maximum Gasteiger partial charge on any atom is 0.260 e. The Balaban J connectivity index is 1.98. The summed E-state index contributed by atoms with van der Waals surface area (Å²) in [6, 6.07) is 5.26. The van der Waals surface area contributed by atoms with Gasteiger partial charge in [-0.15, -0.1) is 0 Å². The SMILES string of the molecule is CC1CC1CNS(=O)(=O)c1c(NN)nc2ccccn12. The molecule has 2 aromatic rings. The molecule has 8 heteroatoms. The monoisotopic (exact) mass is 295 g/mol. The number of imidazole rings is 1. The van der Waals surface area contributed by atoms with Crippen molar-refractivity contribution < 1.29 is 8.42 Å².